The number of piperidine rings is 1. The third-order valence-corrected chi connectivity index (χ3v) is 10.9. The maximum Gasteiger partial charge on any atom is 0.410 e. The van der Waals surface area contributed by atoms with Gasteiger partial charge in [-0.15, -0.1) is 0 Å². The summed E-state index contributed by atoms with van der Waals surface area (Å²) in [4.78, 5) is 32.1. The van der Waals surface area contributed by atoms with Crippen molar-refractivity contribution in [3.8, 4) is 17.2 Å². The van der Waals surface area contributed by atoms with E-state index in [0.717, 1.165) is 66.5 Å². The highest BCUT2D eigenvalue weighted by molar-refractivity contribution is 6.37. The molecular formula is C45H58Cl2N2O8. The van der Waals surface area contributed by atoms with Crippen molar-refractivity contribution in [1.29, 1.82) is 0 Å². The van der Waals surface area contributed by atoms with Crippen LogP contribution in [0.15, 0.2) is 54.6 Å². The summed E-state index contributed by atoms with van der Waals surface area (Å²) in [5.74, 6) is 1.38. The van der Waals surface area contributed by atoms with Crippen molar-refractivity contribution in [2.24, 2.45) is 5.92 Å². The molecule has 3 aromatic rings. The number of amides is 2. The minimum Gasteiger partial charge on any atom is -0.491 e. The lowest BCUT2D eigenvalue weighted by Crippen LogP contribution is -2.51. The average molecular weight is 826 g/mol. The number of halogens is 2. The zero-order chi connectivity index (χ0) is 40.5. The number of benzene rings is 3. The molecule has 310 valence electrons. The van der Waals surface area contributed by atoms with E-state index < -0.39 is 17.6 Å². The van der Waals surface area contributed by atoms with Crippen molar-refractivity contribution >= 4 is 35.2 Å². The van der Waals surface area contributed by atoms with E-state index in [1.54, 1.807) is 12.0 Å². The fourth-order valence-electron chi connectivity index (χ4n) is 7.29. The molecule has 0 aromatic heterocycles. The fourth-order valence-corrected chi connectivity index (χ4v) is 8.00. The van der Waals surface area contributed by atoms with Crippen LogP contribution >= 0.6 is 23.2 Å². The first-order chi connectivity index (χ1) is 27.4. The molecule has 1 saturated heterocycles. The van der Waals surface area contributed by atoms with E-state index in [2.05, 4.69) is 18.2 Å². The zero-order valence-corrected chi connectivity index (χ0v) is 35.5. The number of rotatable bonds is 19. The molecule has 0 unspecified atom stereocenters. The second-order valence-electron chi connectivity index (χ2n) is 16.4. The van der Waals surface area contributed by atoms with E-state index in [0.29, 0.717) is 73.6 Å². The summed E-state index contributed by atoms with van der Waals surface area (Å²) < 4.78 is 35.0. The van der Waals surface area contributed by atoms with Crippen LogP contribution in [0.4, 0.5) is 4.79 Å². The third-order valence-electron chi connectivity index (χ3n) is 10.3. The minimum absolute atomic E-state index is 0.0479. The van der Waals surface area contributed by atoms with Gasteiger partial charge in [0.15, 0.2) is 5.75 Å². The van der Waals surface area contributed by atoms with Gasteiger partial charge >= 0.3 is 6.09 Å². The molecular weight excluding hydrogens is 767 g/mol. The normalized spacial score (nSPS) is 18.3. The number of carbonyl (C=O) groups excluding carboxylic acids is 2. The van der Waals surface area contributed by atoms with E-state index in [4.69, 9.17) is 51.6 Å². The smallest absolute Gasteiger partial charge is 0.410 e. The van der Waals surface area contributed by atoms with Gasteiger partial charge in [-0.05, 0) is 137 Å². The van der Waals surface area contributed by atoms with E-state index in [9.17, 15) is 9.59 Å². The summed E-state index contributed by atoms with van der Waals surface area (Å²) in [5, 5.41) is 0.920. The number of aryl methyl sites for hydroxylation is 2. The summed E-state index contributed by atoms with van der Waals surface area (Å²) in [6.45, 7) is 11.0. The maximum absolute atomic E-state index is 14.9. The molecule has 0 spiro atoms. The molecule has 2 aliphatic carbocycles. The SMILES string of the molecule is COCCCc1cc(CN(C(=O)[C@H]2CN(C(=O)OC(C)(C)C)CC[C@@H]2c2ccc(OCCOc3c(Cl)cc(C)cc3Cl)cc2)C2CC2)cc(OCCOC2CC2)c1. The quantitative estimate of drug-likeness (QED) is 0.110. The van der Waals surface area contributed by atoms with Crippen molar-refractivity contribution in [2.75, 3.05) is 53.2 Å². The predicted molar refractivity (Wildman–Crippen MR) is 222 cm³/mol. The molecule has 3 aromatic carbocycles. The van der Waals surface area contributed by atoms with Gasteiger partial charge < -0.3 is 38.2 Å². The summed E-state index contributed by atoms with van der Waals surface area (Å²) in [6, 6.07) is 18.0. The number of likely N-dealkylation sites (tertiary alicyclic amines) is 1. The highest BCUT2D eigenvalue weighted by atomic mass is 35.5. The first-order valence-corrected chi connectivity index (χ1v) is 21.1. The number of methoxy groups -OCH3 is 1. The van der Waals surface area contributed by atoms with Gasteiger partial charge in [-0.3, -0.25) is 4.79 Å². The van der Waals surface area contributed by atoms with Crippen molar-refractivity contribution in [3.63, 3.8) is 0 Å². The Kier molecular flexibility index (Phi) is 14.9. The molecule has 0 bridgehead atoms. The maximum atomic E-state index is 14.9. The lowest BCUT2D eigenvalue weighted by molar-refractivity contribution is -0.139. The van der Waals surface area contributed by atoms with Crippen LogP contribution in [0.25, 0.3) is 0 Å². The zero-order valence-electron chi connectivity index (χ0n) is 34.0. The highest BCUT2D eigenvalue weighted by Gasteiger charge is 2.43. The molecule has 6 rings (SSSR count). The molecule has 57 heavy (non-hydrogen) atoms. The van der Waals surface area contributed by atoms with Gasteiger partial charge in [-0.25, -0.2) is 4.79 Å². The number of carbonyl (C=O) groups is 2. The molecule has 2 atom stereocenters. The molecule has 3 aliphatic rings. The van der Waals surface area contributed by atoms with Gasteiger partial charge in [0, 0.05) is 39.4 Å². The van der Waals surface area contributed by atoms with Crippen LogP contribution in [0.1, 0.15) is 87.5 Å². The summed E-state index contributed by atoms with van der Waals surface area (Å²) in [6.07, 6.45) is 6.47. The van der Waals surface area contributed by atoms with Crippen molar-refractivity contribution in [2.45, 2.75) is 103 Å². The Hall–Kier alpha value is -3.70. The first-order valence-electron chi connectivity index (χ1n) is 20.3. The van der Waals surface area contributed by atoms with E-state index in [-0.39, 0.29) is 31.0 Å². The number of hydrogen-bond acceptors (Lipinski definition) is 8. The predicted octanol–water partition coefficient (Wildman–Crippen LogP) is 9.43. The van der Waals surface area contributed by atoms with Crippen molar-refractivity contribution in [1.82, 2.24) is 9.80 Å². The highest BCUT2D eigenvalue weighted by Crippen LogP contribution is 2.39. The van der Waals surface area contributed by atoms with Crippen molar-refractivity contribution < 1.29 is 38.0 Å². The van der Waals surface area contributed by atoms with Crippen LogP contribution in [0.3, 0.4) is 0 Å². The largest absolute Gasteiger partial charge is 0.491 e. The topological polar surface area (TPSA) is 96.0 Å². The minimum atomic E-state index is -0.648. The van der Waals surface area contributed by atoms with Crippen LogP contribution in [-0.2, 0) is 32.0 Å². The van der Waals surface area contributed by atoms with Crippen LogP contribution in [0.5, 0.6) is 17.2 Å². The van der Waals surface area contributed by atoms with Crippen LogP contribution in [0, 0.1) is 12.8 Å². The van der Waals surface area contributed by atoms with Gasteiger partial charge in [0.2, 0.25) is 5.91 Å². The Morgan fingerprint density at radius 2 is 1.47 bits per heavy atom. The Morgan fingerprint density at radius 1 is 0.807 bits per heavy atom. The lowest BCUT2D eigenvalue weighted by Gasteiger charge is -2.40. The standard InChI is InChI=1S/C45H58Cl2N2O8/c1-30-23-40(46)42(41(47)24-30)56-22-21-54-35-12-8-33(9-13-35)38-16-17-48(44(51)57-45(2,3)4)29-39(38)43(50)49(34-10-11-34)28-32-25-31(7-6-18-52-5)26-37(27-32)55-20-19-53-36-14-15-36/h8-9,12-13,23-27,34,36,38-39H,6-7,10-11,14-22,28-29H2,1-5H3/t38-,39+/m1/s1. The molecule has 3 fully saturated rings. The number of nitrogens with zero attached hydrogens (tertiary/aromatic N) is 2. The lowest BCUT2D eigenvalue weighted by atomic mass is 9.79. The van der Waals surface area contributed by atoms with E-state index >= 15 is 0 Å². The summed E-state index contributed by atoms with van der Waals surface area (Å²) >= 11 is 12.7. The Bertz CT molecular complexity index is 1780. The van der Waals surface area contributed by atoms with Gasteiger partial charge in [-0.1, -0.05) is 41.4 Å². The van der Waals surface area contributed by atoms with Gasteiger partial charge in [0.05, 0.1) is 28.7 Å². The summed E-state index contributed by atoms with van der Waals surface area (Å²) in [5.41, 5.74) is 3.51. The van der Waals surface area contributed by atoms with E-state index in [1.165, 1.54) is 0 Å². The average Bonchev–Trinajstić information content (AvgIpc) is 4.10. The molecule has 1 aliphatic heterocycles. The molecule has 12 heteroatoms. The molecule has 0 radical (unpaired) electrons. The summed E-state index contributed by atoms with van der Waals surface area (Å²) in [7, 11) is 1.71. The molecule has 2 saturated carbocycles. The van der Waals surface area contributed by atoms with Gasteiger partial charge in [0.25, 0.3) is 0 Å². The van der Waals surface area contributed by atoms with Crippen LogP contribution in [0.2, 0.25) is 10.0 Å². The molecule has 0 N–H and O–H groups in total. The Balaban J connectivity index is 1.17. The van der Waals surface area contributed by atoms with Crippen molar-refractivity contribution in [3.05, 3.63) is 86.9 Å². The Morgan fingerprint density at radius 3 is 2.14 bits per heavy atom. The van der Waals surface area contributed by atoms with E-state index in [1.807, 2.05) is 69.0 Å². The monoisotopic (exact) mass is 824 g/mol. The van der Waals surface area contributed by atoms with Crippen LogP contribution in [-0.4, -0.2) is 92.8 Å². The fraction of sp³-hybridized carbons (Fsp3) is 0.556. The molecule has 1 heterocycles. The molecule has 10 nitrogen and oxygen atoms in total. The van der Waals surface area contributed by atoms with Gasteiger partial charge in [0.1, 0.15) is 36.9 Å². The van der Waals surface area contributed by atoms with Gasteiger partial charge in [-0.2, -0.15) is 0 Å². The number of hydrogen-bond donors (Lipinski definition) is 0. The second-order valence-corrected chi connectivity index (χ2v) is 17.3. The molecule has 2 amide bonds. The Labute approximate surface area is 348 Å². The second kappa shape index (κ2) is 19.8. The number of ether oxygens (including phenoxy) is 6. The third kappa shape index (κ3) is 12.9. The first kappa shape index (κ1) is 42.9. The van der Waals surface area contributed by atoms with Crippen LogP contribution < -0.4 is 14.2 Å².